The number of aliphatic carboxylic acids is 1. The number of rotatable bonds is 9. The standard InChI is InChI=1S/C18H28N4O4/c1-10(5-4-6-21-18(19)20)16(24)22-15(17(25)26)9-14-11(2)7-13(23)8-12(14)3/h7-8,10,15,23H,4-6,9H2,1-3H3,(H,22,24)(H,25,26)(H4,19,20,21)/t10-,15+/m1/s1. The first-order chi connectivity index (χ1) is 12.1. The lowest BCUT2D eigenvalue weighted by Crippen LogP contribution is -2.44. The van der Waals surface area contributed by atoms with Crippen LogP contribution >= 0.6 is 0 Å². The third kappa shape index (κ3) is 6.62. The molecule has 0 aromatic heterocycles. The topological polar surface area (TPSA) is 149 Å². The smallest absolute Gasteiger partial charge is 0.326 e. The van der Waals surface area contributed by atoms with Crippen LogP contribution in [-0.2, 0) is 16.0 Å². The molecule has 8 heteroatoms. The molecule has 0 spiro atoms. The minimum absolute atomic E-state index is 0.118. The van der Waals surface area contributed by atoms with Crippen molar-refractivity contribution in [3.63, 3.8) is 0 Å². The molecule has 0 aliphatic carbocycles. The molecule has 2 atom stereocenters. The number of phenols is 1. The molecule has 0 fully saturated rings. The van der Waals surface area contributed by atoms with E-state index in [0.717, 1.165) is 16.7 Å². The zero-order chi connectivity index (χ0) is 19.9. The highest BCUT2D eigenvalue weighted by atomic mass is 16.4. The highest BCUT2D eigenvalue weighted by Gasteiger charge is 2.24. The van der Waals surface area contributed by atoms with Crippen molar-refractivity contribution in [1.82, 2.24) is 10.6 Å². The lowest BCUT2D eigenvalue weighted by atomic mass is 9.95. The maximum Gasteiger partial charge on any atom is 0.326 e. The van der Waals surface area contributed by atoms with Crippen LogP contribution in [0.3, 0.4) is 0 Å². The second-order valence-electron chi connectivity index (χ2n) is 6.55. The van der Waals surface area contributed by atoms with Crippen LogP contribution in [0.5, 0.6) is 5.75 Å². The molecular weight excluding hydrogens is 336 g/mol. The van der Waals surface area contributed by atoms with E-state index in [9.17, 15) is 19.8 Å². The van der Waals surface area contributed by atoms with Crippen LogP contribution in [-0.4, -0.2) is 40.6 Å². The number of hydrogen-bond donors (Lipinski definition) is 6. The molecule has 0 aliphatic heterocycles. The Kier molecular flexibility index (Phi) is 7.89. The van der Waals surface area contributed by atoms with E-state index in [1.807, 2.05) is 0 Å². The van der Waals surface area contributed by atoms with Crippen LogP contribution in [0.1, 0.15) is 36.5 Å². The summed E-state index contributed by atoms with van der Waals surface area (Å²) >= 11 is 0. The Hall–Kier alpha value is -2.77. The van der Waals surface area contributed by atoms with E-state index in [-0.39, 0.29) is 30.0 Å². The molecule has 0 saturated carbocycles. The van der Waals surface area contributed by atoms with Gasteiger partial charge in [-0.15, -0.1) is 0 Å². The van der Waals surface area contributed by atoms with Gasteiger partial charge in [0.25, 0.3) is 0 Å². The second kappa shape index (κ2) is 9.65. The number of carboxylic acid groups (broad SMARTS) is 1. The maximum absolute atomic E-state index is 12.3. The molecule has 1 amide bonds. The van der Waals surface area contributed by atoms with Gasteiger partial charge in [-0.3, -0.25) is 10.2 Å². The zero-order valence-corrected chi connectivity index (χ0v) is 15.4. The third-order valence-electron chi connectivity index (χ3n) is 4.28. The van der Waals surface area contributed by atoms with Crippen LogP contribution in [0.15, 0.2) is 12.1 Å². The van der Waals surface area contributed by atoms with Gasteiger partial charge in [-0.1, -0.05) is 6.92 Å². The third-order valence-corrected chi connectivity index (χ3v) is 4.28. The Labute approximate surface area is 153 Å². The average Bonchev–Trinajstić information content (AvgIpc) is 2.52. The maximum atomic E-state index is 12.3. The first-order valence-corrected chi connectivity index (χ1v) is 8.52. The molecule has 0 radical (unpaired) electrons. The number of carbonyl (C=O) groups excluding carboxylic acids is 1. The molecule has 0 bridgehead atoms. The van der Waals surface area contributed by atoms with Crippen molar-refractivity contribution < 1.29 is 19.8 Å². The molecule has 0 saturated heterocycles. The molecule has 26 heavy (non-hydrogen) atoms. The number of carboxylic acids is 1. The van der Waals surface area contributed by atoms with E-state index in [4.69, 9.17) is 11.1 Å². The number of aryl methyl sites for hydroxylation is 2. The van der Waals surface area contributed by atoms with E-state index >= 15 is 0 Å². The Balaban J connectivity index is 2.69. The van der Waals surface area contributed by atoms with Gasteiger partial charge in [0.05, 0.1) is 0 Å². The van der Waals surface area contributed by atoms with Gasteiger partial charge in [0.2, 0.25) is 5.91 Å². The van der Waals surface area contributed by atoms with Crippen molar-refractivity contribution in [2.45, 2.75) is 46.1 Å². The van der Waals surface area contributed by atoms with Crippen LogP contribution in [0.2, 0.25) is 0 Å². The van der Waals surface area contributed by atoms with Crippen LogP contribution in [0.25, 0.3) is 0 Å². The summed E-state index contributed by atoms with van der Waals surface area (Å²) in [6, 6.07) is 2.11. The largest absolute Gasteiger partial charge is 0.508 e. The van der Waals surface area contributed by atoms with Gasteiger partial charge in [0, 0.05) is 18.9 Å². The van der Waals surface area contributed by atoms with Crippen LogP contribution in [0.4, 0.5) is 0 Å². The van der Waals surface area contributed by atoms with Crippen molar-refractivity contribution in [3.05, 3.63) is 28.8 Å². The van der Waals surface area contributed by atoms with Gasteiger partial charge in [-0.05, 0) is 55.5 Å². The number of amides is 1. The molecular formula is C18H28N4O4. The van der Waals surface area contributed by atoms with Gasteiger partial charge >= 0.3 is 5.97 Å². The van der Waals surface area contributed by atoms with E-state index in [0.29, 0.717) is 19.4 Å². The normalized spacial score (nSPS) is 12.9. The van der Waals surface area contributed by atoms with Gasteiger partial charge in [-0.2, -0.15) is 0 Å². The molecule has 7 N–H and O–H groups in total. The van der Waals surface area contributed by atoms with Crippen molar-refractivity contribution in [1.29, 1.82) is 5.41 Å². The summed E-state index contributed by atoms with van der Waals surface area (Å²) in [5.74, 6) is -1.77. The summed E-state index contributed by atoms with van der Waals surface area (Å²) in [5, 5.41) is 31.4. The number of aromatic hydroxyl groups is 1. The molecule has 1 rings (SSSR count). The second-order valence-corrected chi connectivity index (χ2v) is 6.55. The molecule has 1 aromatic carbocycles. The summed E-state index contributed by atoms with van der Waals surface area (Å²) in [6.07, 6.45) is 1.34. The Morgan fingerprint density at radius 3 is 2.35 bits per heavy atom. The zero-order valence-electron chi connectivity index (χ0n) is 15.4. The quantitative estimate of drug-likeness (QED) is 0.219. The summed E-state index contributed by atoms with van der Waals surface area (Å²) in [4.78, 5) is 23.9. The minimum Gasteiger partial charge on any atom is -0.508 e. The molecule has 144 valence electrons. The highest BCUT2D eigenvalue weighted by Crippen LogP contribution is 2.22. The van der Waals surface area contributed by atoms with E-state index in [1.165, 1.54) is 0 Å². The van der Waals surface area contributed by atoms with Crippen LogP contribution < -0.4 is 16.4 Å². The number of hydrogen-bond acceptors (Lipinski definition) is 4. The SMILES string of the molecule is Cc1cc(O)cc(C)c1C[C@H](NC(=O)[C@H](C)CCCNC(=N)N)C(=O)O. The number of benzene rings is 1. The predicted octanol–water partition coefficient (Wildman–Crippen LogP) is 1.02. The Morgan fingerprint density at radius 2 is 1.85 bits per heavy atom. The van der Waals surface area contributed by atoms with Gasteiger partial charge in [0.15, 0.2) is 5.96 Å². The lowest BCUT2D eigenvalue weighted by Gasteiger charge is -2.20. The monoisotopic (exact) mass is 364 g/mol. The van der Waals surface area contributed by atoms with Crippen molar-refractivity contribution in [2.24, 2.45) is 11.7 Å². The number of nitrogens with one attached hydrogen (secondary N) is 3. The van der Waals surface area contributed by atoms with E-state index in [2.05, 4.69) is 10.6 Å². The van der Waals surface area contributed by atoms with Gasteiger partial charge in [-0.25, -0.2) is 4.79 Å². The summed E-state index contributed by atoms with van der Waals surface area (Å²) in [7, 11) is 0. The molecule has 1 aromatic rings. The van der Waals surface area contributed by atoms with E-state index in [1.54, 1.807) is 32.9 Å². The lowest BCUT2D eigenvalue weighted by molar-refractivity contribution is -0.142. The first kappa shape index (κ1) is 21.3. The van der Waals surface area contributed by atoms with E-state index < -0.39 is 12.0 Å². The Bertz CT molecular complexity index is 652. The summed E-state index contributed by atoms with van der Waals surface area (Å²) in [5.41, 5.74) is 7.55. The van der Waals surface area contributed by atoms with Crippen molar-refractivity contribution in [3.8, 4) is 5.75 Å². The van der Waals surface area contributed by atoms with Crippen molar-refractivity contribution >= 4 is 17.8 Å². The average molecular weight is 364 g/mol. The number of phenolic OH excluding ortho intramolecular Hbond substituents is 1. The number of guanidine groups is 1. The van der Waals surface area contributed by atoms with Crippen LogP contribution in [0, 0.1) is 25.2 Å². The van der Waals surface area contributed by atoms with Crippen molar-refractivity contribution in [2.75, 3.05) is 6.54 Å². The fourth-order valence-corrected chi connectivity index (χ4v) is 2.77. The molecule has 0 aliphatic rings. The molecule has 8 nitrogen and oxygen atoms in total. The summed E-state index contributed by atoms with van der Waals surface area (Å²) < 4.78 is 0. The fourth-order valence-electron chi connectivity index (χ4n) is 2.77. The predicted molar refractivity (Wildman–Crippen MR) is 99.2 cm³/mol. The Morgan fingerprint density at radius 1 is 1.27 bits per heavy atom. The van der Waals surface area contributed by atoms with Gasteiger partial charge in [0.1, 0.15) is 11.8 Å². The first-order valence-electron chi connectivity index (χ1n) is 8.52. The fraction of sp³-hybridized carbons (Fsp3) is 0.500. The minimum atomic E-state index is -1.10. The molecule has 0 heterocycles. The highest BCUT2D eigenvalue weighted by molar-refractivity contribution is 5.85. The molecule has 0 unspecified atom stereocenters. The number of carbonyl (C=O) groups is 2. The van der Waals surface area contributed by atoms with Gasteiger partial charge < -0.3 is 26.6 Å². The number of nitrogens with two attached hydrogens (primary N) is 1. The summed E-state index contributed by atoms with van der Waals surface area (Å²) in [6.45, 7) is 5.82.